The Hall–Kier alpha value is -4.03. The van der Waals surface area contributed by atoms with E-state index in [4.69, 9.17) is 14.2 Å². The van der Waals surface area contributed by atoms with Crippen LogP contribution in [0.15, 0.2) is 72.6 Å². The van der Waals surface area contributed by atoms with Crippen LogP contribution in [0.3, 0.4) is 0 Å². The van der Waals surface area contributed by atoms with Gasteiger partial charge in [0.2, 0.25) is 5.78 Å². The zero-order valence-electron chi connectivity index (χ0n) is 21.2. The number of fused-ring (bicyclic) bond motifs is 4. The highest BCUT2D eigenvalue weighted by molar-refractivity contribution is 6.15. The van der Waals surface area contributed by atoms with Crippen molar-refractivity contribution in [3.63, 3.8) is 0 Å². The maximum atomic E-state index is 13.4. The zero-order chi connectivity index (χ0) is 25.4. The molecule has 3 aromatic carbocycles. The molecule has 0 bridgehead atoms. The number of ether oxygens (including phenoxy) is 3. The fraction of sp³-hybridized carbons (Fsp3) is 0.258. The molecule has 6 nitrogen and oxygen atoms in total. The van der Waals surface area contributed by atoms with E-state index >= 15 is 0 Å². The molecule has 4 aromatic rings. The smallest absolute Gasteiger partial charge is 0.231 e. The average Bonchev–Trinajstić information content (AvgIpc) is 3.46. The summed E-state index contributed by atoms with van der Waals surface area (Å²) in [7, 11) is 1.66. The van der Waals surface area contributed by atoms with Gasteiger partial charge in [0.1, 0.15) is 24.0 Å². The molecule has 6 heteroatoms. The Kier molecular flexibility index (Phi) is 6.18. The summed E-state index contributed by atoms with van der Waals surface area (Å²) in [5.74, 6) is 2.43. The maximum Gasteiger partial charge on any atom is 0.231 e. The first-order chi connectivity index (χ1) is 18.1. The van der Waals surface area contributed by atoms with E-state index in [0.29, 0.717) is 30.3 Å². The fourth-order valence-electron chi connectivity index (χ4n) is 5.25. The third kappa shape index (κ3) is 4.38. The van der Waals surface area contributed by atoms with E-state index in [2.05, 4.69) is 46.9 Å². The summed E-state index contributed by atoms with van der Waals surface area (Å²) in [6.45, 7) is 5.07. The second kappa shape index (κ2) is 9.79. The van der Waals surface area contributed by atoms with Gasteiger partial charge in [-0.05, 0) is 61.7 Å². The van der Waals surface area contributed by atoms with E-state index in [0.717, 1.165) is 59.5 Å². The number of nitrogens with zero attached hydrogens (tertiary/aromatic N) is 2. The fourth-order valence-corrected chi connectivity index (χ4v) is 5.25. The number of aryl methyl sites for hydroxylation is 2. The van der Waals surface area contributed by atoms with Crippen LogP contribution in [-0.4, -0.2) is 35.6 Å². The first-order valence-corrected chi connectivity index (χ1v) is 12.8. The molecule has 0 saturated carbocycles. The molecule has 2 aliphatic heterocycles. The summed E-state index contributed by atoms with van der Waals surface area (Å²) in [5.41, 5.74) is 4.90. The lowest BCUT2D eigenvalue weighted by molar-refractivity contribution is 0.0928. The summed E-state index contributed by atoms with van der Waals surface area (Å²) in [5, 5.41) is 1.02. The second-order valence-electron chi connectivity index (χ2n) is 9.53. The van der Waals surface area contributed by atoms with E-state index in [-0.39, 0.29) is 5.78 Å². The predicted octanol–water partition coefficient (Wildman–Crippen LogP) is 6.07. The Morgan fingerprint density at radius 1 is 1.08 bits per heavy atom. The Bertz CT molecular complexity index is 1500. The van der Waals surface area contributed by atoms with Crippen molar-refractivity contribution in [3.05, 3.63) is 94.9 Å². The Morgan fingerprint density at radius 2 is 1.95 bits per heavy atom. The molecule has 0 N–H and O–H groups in total. The standard InChI is InChI=1S/C31H30N2O4/c1-3-33-18-22(25-17-23(35-2)11-13-27(25)33)16-29-30(34)24-12-14-28-26(31(24)37-29)19-32(20-36-28)15-7-10-21-8-5-4-6-9-21/h4-6,8-9,11-14,16-18H,3,7,10,15,19-20H2,1-2H3/b29-16-. The highest BCUT2D eigenvalue weighted by Crippen LogP contribution is 2.42. The number of Topliss-reactive ketones (excluding diaryl/α,β-unsaturated/α-hetero) is 1. The first-order valence-electron chi connectivity index (χ1n) is 12.8. The normalized spacial score (nSPS) is 15.9. The molecular formula is C31H30N2O4. The minimum absolute atomic E-state index is 0.0979. The van der Waals surface area contributed by atoms with Gasteiger partial charge in [0.25, 0.3) is 0 Å². The van der Waals surface area contributed by atoms with Crippen LogP contribution in [0.5, 0.6) is 17.2 Å². The van der Waals surface area contributed by atoms with Gasteiger partial charge in [-0.2, -0.15) is 0 Å². The van der Waals surface area contributed by atoms with Gasteiger partial charge >= 0.3 is 0 Å². The van der Waals surface area contributed by atoms with E-state index in [1.165, 1.54) is 5.56 Å². The van der Waals surface area contributed by atoms with Crippen molar-refractivity contribution in [2.75, 3.05) is 20.4 Å². The molecule has 1 aromatic heterocycles. The van der Waals surface area contributed by atoms with Crippen molar-refractivity contribution in [2.24, 2.45) is 0 Å². The molecule has 0 saturated heterocycles. The quantitative estimate of drug-likeness (QED) is 0.292. The van der Waals surface area contributed by atoms with Crippen LogP contribution in [0.4, 0.5) is 0 Å². The summed E-state index contributed by atoms with van der Waals surface area (Å²) in [4.78, 5) is 15.6. The summed E-state index contributed by atoms with van der Waals surface area (Å²) >= 11 is 0. The summed E-state index contributed by atoms with van der Waals surface area (Å²) in [6, 6.07) is 20.2. The number of hydrogen-bond acceptors (Lipinski definition) is 5. The SMILES string of the molecule is CCn1cc(/C=C2\Oc3c(ccc4c3CN(CCCc3ccccc3)CO4)C2=O)c2cc(OC)ccc21. The van der Waals surface area contributed by atoms with Crippen molar-refractivity contribution in [3.8, 4) is 17.2 Å². The molecule has 3 heterocycles. The van der Waals surface area contributed by atoms with Crippen LogP contribution in [0.1, 0.15) is 40.4 Å². The Labute approximate surface area is 216 Å². The lowest BCUT2D eigenvalue weighted by atomic mass is 10.0. The van der Waals surface area contributed by atoms with Crippen molar-refractivity contribution in [1.29, 1.82) is 0 Å². The molecular weight excluding hydrogens is 464 g/mol. The monoisotopic (exact) mass is 494 g/mol. The molecule has 188 valence electrons. The van der Waals surface area contributed by atoms with E-state index < -0.39 is 0 Å². The van der Waals surface area contributed by atoms with Crippen LogP contribution in [0.25, 0.3) is 17.0 Å². The number of benzene rings is 3. The number of hydrogen-bond donors (Lipinski definition) is 0. The summed E-state index contributed by atoms with van der Waals surface area (Å²) < 4.78 is 19.9. The van der Waals surface area contributed by atoms with Crippen LogP contribution in [0, 0.1) is 0 Å². The van der Waals surface area contributed by atoms with Gasteiger partial charge in [-0.15, -0.1) is 0 Å². The molecule has 0 radical (unpaired) electrons. The minimum Gasteiger partial charge on any atom is -0.497 e. The Morgan fingerprint density at radius 3 is 2.76 bits per heavy atom. The number of aromatic nitrogens is 1. The molecule has 37 heavy (non-hydrogen) atoms. The molecule has 0 atom stereocenters. The molecule has 0 amide bonds. The van der Waals surface area contributed by atoms with Gasteiger partial charge in [-0.1, -0.05) is 30.3 Å². The van der Waals surface area contributed by atoms with Gasteiger partial charge in [0.05, 0.1) is 18.2 Å². The molecule has 6 rings (SSSR count). The van der Waals surface area contributed by atoms with Crippen LogP contribution in [-0.2, 0) is 19.5 Å². The largest absolute Gasteiger partial charge is 0.497 e. The van der Waals surface area contributed by atoms with Crippen LogP contribution >= 0.6 is 0 Å². The van der Waals surface area contributed by atoms with Gasteiger partial charge in [-0.3, -0.25) is 9.69 Å². The van der Waals surface area contributed by atoms with E-state index in [1.54, 1.807) is 7.11 Å². The number of allylic oxidation sites excluding steroid dienone is 1. The molecule has 0 unspecified atom stereocenters. The third-order valence-electron chi connectivity index (χ3n) is 7.21. The van der Waals surface area contributed by atoms with Crippen molar-refractivity contribution < 1.29 is 19.0 Å². The van der Waals surface area contributed by atoms with Crippen molar-refractivity contribution in [2.45, 2.75) is 32.9 Å². The average molecular weight is 495 g/mol. The maximum absolute atomic E-state index is 13.4. The Balaban J connectivity index is 1.25. The predicted molar refractivity (Wildman–Crippen MR) is 144 cm³/mol. The van der Waals surface area contributed by atoms with Crippen molar-refractivity contribution >= 4 is 22.8 Å². The minimum atomic E-state index is -0.0979. The molecule has 0 fully saturated rings. The number of ketones is 1. The molecule has 0 spiro atoms. The topological polar surface area (TPSA) is 52.9 Å². The summed E-state index contributed by atoms with van der Waals surface area (Å²) in [6.07, 6.45) is 5.97. The van der Waals surface area contributed by atoms with Gasteiger partial charge in [-0.25, -0.2) is 0 Å². The van der Waals surface area contributed by atoms with Crippen molar-refractivity contribution in [1.82, 2.24) is 9.47 Å². The van der Waals surface area contributed by atoms with Crippen LogP contribution < -0.4 is 14.2 Å². The number of rotatable bonds is 7. The van der Waals surface area contributed by atoms with Crippen LogP contribution in [0.2, 0.25) is 0 Å². The number of methoxy groups -OCH3 is 1. The molecule has 2 aliphatic rings. The highest BCUT2D eigenvalue weighted by Gasteiger charge is 2.33. The second-order valence-corrected chi connectivity index (χ2v) is 9.53. The lowest BCUT2D eigenvalue weighted by Gasteiger charge is -2.29. The zero-order valence-corrected chi connectivity index (χ0v) is 21.2. The highest BCUT2D eigenvalue weighted by atomic mass is 16.5. The number of carbonyl (C=O) groups excluding carboxylic acids is 1. The third-order valence-corrected chi connectivity index (χ3v) is 7.21. The van der Waals surface area contributed by atoms with Gasteiger partial charge < -0.3 is 18.8 Å². The van der Waals surface area contributed by atoms with E-state index in [1.807, 2.05) is 42.5 Å². The van der Waals surface area contributed by atoms with Gasteiger partial charge in [0, 0.05) is 42.3 Å². The lowest BCUT2D eigenvalue weighted by Crippen LogP contribution is -2.33. The van der Waals surface area contributed by atoms with E-state index in [9.17, 15) is 4.79 Å². The number of carbonyl (C=O) groups is 1. The first kappa shape index (κ1) is 23.4. The van der Waals surface area contributed by atoms with Gasteiger partial charge in [0.15, 0.2) is 5.76 Å². The molecule has 0 aliphatic carbocycles.